The van der Waals surface area contributed by atoms with Gasteiger partial charge in [-0.3, -0.25) is 29.8 Å². The highest BCUT2D eigenvalue weighted by Crippen LogP contribution is 2.59. The quantitative estimate of drug-likeness (QED) is 0.268. The number of alkyl halides is 4. The molecule has 2 aliphatic heterocycles. The van der Waals surface area contributed by atoms with E-state index in [1.807, 2.05) is 24.3 Å². The summed E-state index contributed by atoms with van der Waals surface area (Å²) in [7, 11) is 0. The largest absolute Gasteiger partial charge is 0.293 e. The SMILES string of the molecule is O=C1NC(=O)C2(Br)C(Br)=C(Br)C(c3ccc(C4=CC5(Br)C(=O)NC(=O)C5(Br)C(Br)=C4Br)cc3)=CC12Br. The van der Waals surface area contributed by atoms with Gasteiger partial charge in [0.15, 0.2) is 17.3 Å². The van der Waals surface area contributed by atoms with Gasteiger partial charge in [-0.1, -0.05) is 120 Å². The Kier molecular flexibility index (Phi) is 6.89. The lowest BCUT2D eigenvalue weighted by Gasteiger charge is -2.36. The number of halogens is 8. The average Bonchev–Trinajstić information content (AvgIpc) is 3.13. The van der Waals surface area contributed by atoms with Gasteiger partial charge in [-0.05, 0) is 66.3 Å². The van der Waals surface area contributed by atoms with E-state index in [0.717, 1.165) is 11.1 Å². The summed E-state index contributed by atoms with van der Waals surface area (Å²) in [5.74, 6) is -1.92. The van der Waals surface area contributed by atoms with Gasteiger partial charge in [0.2, 0.25) is 11.8 Å². The summed E-state index contributed by atoms with van der Waals surface area (Å²) in [6.07, 6.45) is 3.39. The second-order valence-electron chi connectivity index (χ2n) is 8.26. The lowest BCUT2D eigenvalue weighted by atomic mass is 9.83. The molecule has 0 aromatic heterocycles. The first kappa shape index (κ1) is 27.9. The molecule has 0 saturated carbocycles. The predicted molar refractivity (Wildman–Crippen MR) is 165 cm³/mol. The van der Waals surface area contributed by atoms with Crippen molar-refractivity contribution in [1.82, 2.24) is 10.6 Å². The first-order chi connectivity index (χ1) is 16.6. The zero-order chi connectivity index (χ0) is 26.6. The summed E-state index contributed by atoms with van der Waals surface area (Å²) in [6, 6.07) is 7.45. The molecule has 6 nitrogen and oxygen atoms in total. The topological polar surface area (TPSA) is 92.3 Å². The molecule has 5 rings (SSSR count). The molecular weight excluding hydrogens is 995 g/mol. The van der Waals surface area contributed by atoms with Crippen molar-refractivity contribution in [3.63, 3.8) is 0 Å². The van der Waals surface area contributed by atoms with E-state index in [1.165, 1.54) is 0 Å². The summed E-state index contributed by atoms with van der Waals surface area (Å²) < 4.78 is -3.20. The fourth-order valence-corrected chi connectivity index (χ4v) is 10.7. The molecule has 4 atom stereocenters. The molecule has 0 radical (unpaired) electrons. The standard InChI is InChI=1S/C22H8Br8N2O4/c23-11-9(5-19(27)15(33)31-17(35)21(19,29)13(11)25)7-1-2-8(4-3-7)10-6-20(28)16(34)32-18(36)22(20,30)14(26)12(10)24/h1-6H,(H,31,33,35)(H,32,34,36). The van der Waals surface area contributed by atoms with Crippen LogP contribution in [0.3, 0.4) is 0 Å². The minimum absolute atomic E-state index is 0.466. The molecule has 0 spiro atoms. The Bertz CT molecular complexity index is 1360. The molecule has 2 aliphatic carbocycles. The van der Waals surface area contributed by atoms with Crippen LogP contribution >= 0.6 is 127 Å². The van der Waals surface area contributed by atoms with Crippen molar-refractivity contribution in [2.45, 2.75) is 17.3 Å². The average molecular weight is 1000 g/mol. The molecule has 4 amide bonds. The zero-order valence-electron chi connectivity index (χ0n) is 17.1. The van der Waals surface area contributed by atoms with Crippen LogP contribution in [0.5, 0.6) is 0 Å². The van der Waals surface area contributed by atoms with Gasteiger partial charge in [0.25, 0.3) is 11.8 Å². The number of benzene rings is 1. The molecule has 2 saturated heterocycles. The van der Waals surface area contributed by atoms with E-state index in [-0.39, 0.29) is 0 Å². The molecule has 0 bridgehead atoms. The van der Waals surface area contributed by atoms with Crippen LogP contribution in [0.25, 0.3) is 11.1 Å². The van der Waals surface area contributed by atoms with Crippen LogP contribution in [0.4, 0.5) is 0 Å². The van der Waals surface area contributed by atoms with Crippen LogP contribution in [0.1, 0.15) is 11.1 Å². The number of fused-ring (bicyclic) bond motifs is 2. The Morgan fingerprint density at radius 2 is 0.833 bits per heavy atom. The number of carbonyl (C=O) groups excluding carboxylic acids is 4. The molecule has 14 heteroatoms. The van der Waals surface area contributed by atoms with E-state index in [4.69, 9.17) is 0 Å². The van der Waals surface area contributed by atoms with Gasteiger partial charge in [0.05, 0.1) is 0 Å². The summed E-state index contributed by atoms with van der Waals surface area (Å²) in [4.78, 5) is 50.6. The molecule has 2 fully saturated rings. The molecule has 4 aliphatic rings. The van der Waals surface area contributed by atoms with Crippen molar-refractivity contribution in [3.05, 3.63) is 65.5 Å². The summed E-state index contributed by atoms with van der Waals surface area (Å²) in [5.41, 5.74) is 2.93. The molecule has 2 heterocycles. The van der Waals surface area contributed by atoms with Crippen LogP contribution in [0, 0.1) is 0 Å². The second-order valence-corrected chi connectivity index (χ2v) is 16.3. The molecule has 1 aromatic carbocycles. The Morgan fingerprint density at radius 3 is 1.14 bits per heavy atom. The Hall–Kier alpha value is 0.300. The van der Waals surface area contributed by atoms with Gasteiger partial charge in [-0.25, -0.2) is 0 Å². The molecule has 1 aromatic rings. The van der Waals surface area contributed by atoms with Crippen molar-refractivity contribution >= 4 is 162 Å². The number of carbonyl (C=O) groups is 4. The summed E-state index contributed by atoms with van der Waals surface area (Å²) in [6.45, 7) is 0. The van der Waals surface area contributed by atoms with Crippen LogP contribution in [0.15, 0.2) is 54.3 Å². The van der Waals surface area contributed by atoms with Gasteiger partial charge >= 0.3 is 0 Å². The maximum Gasteiger partial charge on any atom is 0.250 e. The second kappa shape index (κ2) is 8.90. The third-order valence-corrected chi connectivity index (χ3v) is 18.4. The molecule has 2 N–H and O–H groups in total. The summed E-state index contributed by atoms with van der Waals surface area (Å²) in [5, 5.41) is 4.73. The lowest BCUT2D eigenvalue weighted by Crippen LogP contribution is -2.48. The van der Waals surface area contributed by atoms with Crippen LogP contribution < -0.4 is 10.6 Å². The van der Waals surface area contributed by atoms with Crippen molar-refractivity contribution in [2.24, 2.45) is 0 Å². The van der Waals surface area contributed by atoms with Gasteiger partial charge < -0.3 is 0 Å². The third kappa shape index (κ3) is 3.37. The lowest BCUT2D eigenvalue weighted by molar-refractivity contribution is -0.126. The van der Waals surface area contributed by atoms with Crippen LogP contribution in [-0.2, 0) is 19.2 Å². The molecule has 186 valence electrons. The van der Waals surface area contributed by atoms with E-state index in [0.29, 0.717) is 29.1 Å². The van der Waals surface area contributed by atoms with E-state index in [2.05, 4.69) is 138 Å². The number of hydrogen-bond acceptors (Lipinski definition) is 4. The number of rotatable bonds is 2. The highest BCUT2D eigenvalue weighted by Gasteiger charge is 2.68. The number of nitrogens with one attached hydrogen (secondary N) is 2. The van der Waals surface area contributed by atoms with Crippen molar-refractivity contribution in [3.8, 4) is 0 Å². The highest BCUT2D eigenvalue weighted by molar-refractivity contribution is 9.17. The smallest absolute Gasteiger partial charge is 0.250 e. The molecule has 36 heavy (non-hydrogen) atoms. The number of allylic oxidation sites excluding steroid dienone is 4. The van der Waals surface area contributed by atoms with Crippen molar-refractivity contribution in [2.75, 3.05) is 0 Å². The van der Waals surface area contributed by atoms with Gasteiger partial charge in [0, 0.05) is 17.9 Å². The monoisotopic (exact) mass is 995 g/mol. The van der Waals surface area contributed by atoms with Crippen LogP contribution in [0.2, 0.25) is 0 Å². The van der Waals surface area contributed by atoms with E-state index in [1.54, 1.807) is 12.2 Å². The minimum Gasteiger partial charge on any atom is -0.293 e. The fraction of sp³-hybridized carbons (Fsp3) is 0.182. The number of amides is 4. The van der Waals surface area contributed by atoms with Crippen molar-refractivity contribution in [1.29, 1.82) is 0 Å². The first-order valence-electron chi connectivity index (χ1n) is 9.80. The summed E-state index contributed by atoms with van der Waals surface area (Å²) >= 11 is 28.0. The predicted octanol–water partition coefficient (Wildman–Crippen LogP) is 6.33. The van der Waals surface area contributed by atoms with Crippen molar-refractivity contribution < 1.29 is 19.2 Å². The van der Waals surface area contributed by atoms with Gasteiger partial charge in [0.1, 0.15) is 0 Å². The maximum atomic E-state index is 12.7. The minimum atomic E-state index is -1.34. The fourth-order valence-electron chi connectivity index (χ4n) is 4.37. The van der Waals surface area contributed by atoms with E-state index in [9.17, 15) is 19.2 Å². The third-order valence-electron chi connectivity index (χ3n) is 6.40. The maximum absolute atomic E-state index is 12.7. The normalized spacial score (nSPS) is 35.9. The zero-order valence-corrected chi connectivity index (χ0v) is 29.8. The van der Waals surface area contributed by atoms with E-state index >= 15 is 0 Å². The number of imide groups is 2. The highest BCUT2D eigenvalue weighted by atomic mass is 79.9. The van der Waals surface area contributed by atoms with Gasteiger partial charge in [-0.15, -0.1) is 0 Å². The van der Waals surface area contributed by atoms with E-state index < -0.39 is 40.9 Å². The van der Waals surface area contributed by atoms with Crippen LogP contribution in [-0.4, -0.2) is 40.9 Å². The Labute approximate surface area is 271 Å². The molecule has 4 unspecified atom stereocenters. The molecular formula is C22H8Br8N2O4. The van der Waals surface area contributed by atoms with Gasteiger partial charge in [-0.2, -0.15) is 0 Å². The Morgan fingerprint density at radius 1 is 0.528 bits per heavy atom. The number of hydrogen-bond donors (Lipinski definition) is 2. The first-order valence-corrected chi connectivity index (χ1v) is 16.1. The Balaban J connectivity index is 1.59.